The van der Waals surface area contributed by atoms with E-state index in [0.717, 1.165) is 5.56 Å². The summed E-state index contributed by atoms with van der Waals surface area (Å²) < 4.78 is 0. The number of amides is 1. The number of benzene rings is 1. The first-order valence-electron chi connectivity index (χ1n) is 6.42. The van der Waals surface area contributed by atoms with Gasteiger partial charge in [-0.05, 0) is 36.5 Å². The summed E-state index contributed by atoms with van der Waals surface area (Å²) in [4.78, 5) is 12.0. The molecule has 3 nitrogen and oxygen atoms in total. The first-order valence-corrected chi connectivity index (χ1v) is 6.80. The smallest absolute Gasteiger partial charge is 0.251 e. The molecule has 1 aromatic rings. The van der Waals surface area contributed by atoms with Gasteiger partial charge in [-0.3, -0.25) is 4.79 Å². The molecule has 2 N–H and O–H groups in total. The summed E-state index contributed by atoms with van der Waals surface area (Å²) in [5.41, 5.74) is 1.35. The Morgan fingerprint density at radius 3 is 2.63 bits per heavy atom. The van der Waals surface area contributed by atoms with Crippen LogP contribution in [0.25, 0.3) is 0 Å². The van der Waals surface area contributed by atoms with Crippen LogP contribution < -0.4 is 5.32 Å². The van der Waals surface area contributed by atoms with Crippen molar-refractivity contribution in [2.45, 2.75) is 40.2 Å². The number of carbonyl (C=O) groups excluding carboxylic acids is 1. The van der Waals surface area contributed by atoms with Crippen molar-refractivity contribution < 1.29 is 9.90 Å². The maximum absolute atomic E-state index is 12.0. The second-order valence-electron chi connectivity index (χ2n) is 6.04. The van der Waals surface area contributed by atoms with E-state index in [9.17, 15) is 9.90 Å². The summed E-state index contributed by atoms with van der Waals surface area (Å²) in [5, 5.41) is 13.2. The lowest BCUT2D eigenvalue weighted by molar-refractivity contribution is 0.0868. The molecule has 0 spiro atoms. The quantitative estimate of drug-likeness (QED) is 0.892. The molecule has 0 aliphatic heterocycles. The Morgan fingerprint density at radius 1 is 1.42 bits per heavy atom. The molecule has 1 aromatic carbocycles. The Balaban J connectivity index is 2.59. The van der Waals surface area contributed by atoms with E-state index in [2.05, 4.69) is 26.1 Å². The van der Waals surface area contributed by atoms with Crippen molar-refractivity contribution in [3.8, 4) is 0 Å². The van der Waals surface area contributed by atoms with Gasteiger partial charge in [0.2, 0.25) is 0 Å². The van der Waals surface area contributed by atoms with E-state index in [1.807, 2.05) is 6.92 Å². The molecule has 1 unspecified atom stereocenters. The van der Waals surface area contributed by atoms with Crippen LogP contribution in [-0.4, -0.2) is 23.7 Å². The van der Waals surface area contributed by atoms with Gasteiger partial charge in [-0.2, -0.15) is 0 Å². The average molecular weight is 284 g/mol. The van der Waals surface area contributed by atoms with E-state index in [-0.39, 0.29) is 17.9 Å². The van der Waals surface area contributed by atoms with E-state index < -0.39 is 6.10 Å². The molecule has 0 heterocycles. The fourth-order valence-electron chi connectivity index (χ4n) is 1.94. The zero-order valence-electron chi connectivity index (χ0n) is 12.0. The van der Waals surface area contributed by atoms with Gasteiger partial charge < -0.3 is 10.4 Å². The largest absolute Gasteiger partial charge is 0.391 e. The van der Waals surface area contributed by atoms with Crippen molar-refractivity contribution in [2.75, 3.05) is 6.54 Å². The Bertz CT molecular complexity index is 452. The summed E-state index contributed by atoms with van der Waals surface area (Å²) in [5.74, 6) is -0.201. The number of aliphatic hydroxyl groups excluding tert-OH is 1. The van der Waals surface area contributed by atoms with Crippen LogP contribution in [0.15, 0.2) is 18.2 Å². The lowest BCUT2D eigenvalue weighted by Crippen LogP contribution is -2.34. The maximum atomic E-state index is 12.0. The number of aliphatic hydroxyl groups is 1. The second-order valence-corrected chi connectivity index (χ2v) is 6.45. The zero-order chi connectivity index (χ0) is 14.6. The Hall–Kier alpha value is -1.06. The molecule has 0 radical (unpaired) electrons. The predicted molar refractivity (Wildman–Crippen MR) is 78.6 cm³/mol. The van der Waals surface area contributed by atoms with Crippen molar-refractivity contribution >= 4 is 17.5 Å². The molecule has 1 rings (SSSR count). The number of nitrogens with one attached hydrogen (secondary N) is 1. The summed E-state index contributed by atoms with van der Waals surface area (Å²) in [6, 6.07) is 5.23. The van der Waals surface area contributed by atoms with Gasteiger partial charge in [0.1, 0.15) is 0 Å². The maximum Gasteiger partial charge on any atom is 0.251 e. The third-order valence-corrected chi connectivity index (χ3v) is 3.27. The monoisotopic (exact) mass is 283 g/mol. The molecule has 0 bridgehead atoms. The lowest BCUT2D eigenvalue weighted by atomic mass is 9.89. The van der Waals surface area contributed by atoms with E-state index in [0.29, 0.717) is 17.0 Å². The minimum atomic E-state index is -0.538. The molecule has 0 fully saturated rings. The van der Waals surface area contributed by atoms with Gasteiger partial charge >= 0.3 is 0 Å². The highest BCUT2D eigenvalue weighted by atomic mass is 35.5. The number of halogens is 1. The van der Waals surface area contributed by atoms with E-state index in [4.69, 9.17) is 11.6 Å². The molecule has 1 amide bonds. The van der Waals surface area contributed by atoms with Crippen molar-refractivity contribution in [3.63, 3.8) is 0 Å². The summed E-state index contributed by atoms with van der Waals surface area (Å²) in [7, 11) is 0. The van der Waals surface area contributed by atoms with Crippen molar-refractivity contribution in [3.05, 3.63) is 34.3 Å². The van der Waals surface area contributed by atoms with Gasteiger partial charge in [0.25, 0.3) is 5.91 Å². The highest BCUT2D eigenvalue weighted by Gasteiger charge is 2.18. The van der Waals surface area contributed by atoms with Crippen LogP contribution in [-0.2, 0) is 0 Å². The topological polar surface area (TPSA) is 49.3 Å². The Labute approximate surface area is 120 Å². The molecule has 0 aliphatic carbocycles. The van der Waals surface area contributed by atoms with E-state index in [1.165, 1.54) is 0 Å². The third kappa shape index (κ3) is 5.21. The summed E-state index contributed by atoms with van der Waals surface area (Å²) in [6.45, 7) is 8.22. The Morgan fingerprint density at radius 2 is 2.05 bits per heavy atom. The average Bonchev–Trinajstić information content (AvgIpc) is 2.27. The molecule has 0 saturated heterocycles. The van der Waals surface area contributed by atoms with Crippen LogP contribution in [0.4, 0.5) is 0 Å². The van der Waals surface area contributed by atoms with Crippen molar-refractivity contribution in [1.29, 1.82) is 0 Å². The van der Waals surface area contributed by atoms with Crippen molar-refractivity contribution in [1.82, 2.24) is 5.32 Å². The van der Waals surface area contributed by atoms with Crippen molar-refractivity contribution in [2.24, 2.45) is 5.41 Å². The van der Waals surface area contributed by atoms with Crippen LogP contribution in [0.2, 0.25) is 5.02 Å². The molecule has 106 valence electrons. The number of rotatable bonds is 4. The lowest BCUT2D eigenvalue weighted by Gasteiger charge is -2.22. The third-order valence-electron chi connectivity index (χ3n) is 2.86. The SMILES string of the molecule is Cc1c(Cl)cccc1C(=O)NCC(O)CC(C)(C)C. The second kappa shape index (κ2) is 6.40. The first kappa shape index (κ1) is 16.0. The summed E-state index contributed by atoms with van der Waals surface area (Å²) >= 11 is 5.98. The minimum absolute atomic E-state index is 0.0378. The van der Waals surface area contributed by atoms with Crippen LogP contribution >= 0.6 is 11.6 Å². The van der Waals surface area contributed by atoms with Gasteiger partial charge in [0.15, 0.2) is 0 Å². The molecule has 0 aliphatic rings. The zero-order valence-corrected chi connectivity index (χ0v) is 12.7. The molecule has 1 atom stereocenters. The predicted octanol–water partition coefficient (Wildman–Crippen LogP) is 3.18. The van der Waals surface area contributed by atoms with E-state index >= 15 is 0 Å². The van der Waals surface area contributed by atoms with Crippen LogP contribution in [0, 0.1) is 12.3 Å². The Kier molecular flexibility index (Phi) is 5.39. The van der Waals surface area contributed by atoms with Gasteiger partial charge in [-0.15, -0.1) is 0 Å². The molecular weight excluding hydrogens is 262 g/mol. The van der Waals surface area contributed by atoms with Crippen LogP contribution in [0.3, 0.4) is 0 Å². The molecule has 0 saturated carbocycles. The van der Waals surface area contributed by atoms with Gasteiger partial charge in [0.05, 0.1) is 6.10 Å². The normalized spacial score (nSPS) is 13.2. The van der Waals surface area contributed by atoms with Gasteiger partial charge in [-0.25, -0.2) is 0 Å². The number of hydrogen-bond donors (Lipinski definition) is 2. The number of hydrogen-bond acceptors (Lipinski definition) is 2. The van der Waals surface area contributed by atoms with E-state index in [1.54, 1.807) is 18.2 Å². The molecule has 4 heteroatoms. The molecular formula is C15H22ClNO2. The highest BCUT2D eigenvalue weighted by Crippen LogP contribution is 2.21. The highest BCUT2D eigenvalue weighted by molar-refractivity contribution is 6.31. The minimum Gasteiger partial charge on any atom is -0.391 e. The van der Waals surface area contributed by atoms with Crippen LogP contribution in [0.1, 0.15) is 43.1 Å². The summed E-state index contributed by atoms with van der Waals surface area (Å²) in [6.07, 6.45) is 0.102. The van der Waals surface area contributed by atoms with Gasteiger partial charge in [-0.1, -0.05) is 38.4 Å². The number of carbonyl (C=O) groups is 1. The standard InChI is InChI=1S/C15H22ClNO2/c1-10-12(6-5-7-13(10)16)14(19)17-9-11(18)8-15(2,3)4/h5-7,11,18H,8-9H2,1-4H3,(H,17,19). The fourth-order valence-corrected chi connectivity index (χ4v) is 2.11. The first-order chi connectivity index (χ1) is 8.70. The van der Waals surface area contributed by atoms with Gasteiger partial charge in [0, 0.05) is 17.1 Å². The molecule has 19 heavy (non-hydrogen) atoms. The molecule has 0 aromatic heterocycles. The fraction of sp³-hybridized carbons (Fsp3) is 0.533. The van der Waals surface area contributed by atoms with Crippen LogP contribution in [0.5, 0.6) is 0 Å².